The summed E-state index contributed by atoms with van der Waals surface area (Å²) in [7, 11) is 1.76. The number of rotatable bonds is 9. The largest absolute Gasteiger partial charge is 0.488 e. The number of hydrogen-bond donors (Lipinski definition) is 4. The molecule has 0 bridgehead atoms. The van der Waals surface area contributed by atoms with Gasteiger partial charge in [-0.25, -0.2) is 8.78 Å². The number of nitrogens with one attached hydrogen (secondary N) is 2. The molecule has 1 atom stereocenters. The SMILES string of the molecule is C[NH2+]/C=C\C(=N)NC(=O)c1cc(Oc2cc(F)c(C(=O)N3CCC3)cc2F)cc(O[C@@H](C)CO)c1. The third kappa shape index (κ3) is 6.61. The maximum Gasteiger partial charge on any atom is 0.257 e. The van der Waals surface area contributed by atoms with Crippen molar-refractivity contribution in [1.82, 2.24) is 10.2 Å². The molecule has 1 fully saturated rings. The van der Waals surface area contributed by atoms with E-state index in [1.807, 2.05) is 0 Å². The fourth-order valence-corrected chi connectivity index (χ4v) is 3.12. The number of aliphatic hydroxyl groups is 1. The summed E-state index contributed by atoms with van der Waals surface area (Å²) in [6, 6.07) is 5.53. The van der Waals surface area contributed by atoms with Gasteiger partial charge in [0.2, 0.25) is 0 Å². The highest BCUT2D eigenvalue weighted by atomic mass is 19.1. The van der Waals surface area contributed by atoms with Crippen molar-refractivity contribution in [2.24, 2.45) is 0 Å². The van der Waals surface area contributed by atoms with Gasteiger partial charge in [-0.1, -0.05) is 0 Å². The summed E-state index contributed by atoms with van der Waals surface area (Å²) in [6.45, 7) is 2.28. The number of nitrogens with zero attached hydrogens (tertiary/aromatic N) is 1. The molecule has 186 valence electrons. The third-order valence-electron chi connectivity index (χ3n) is 5.06. The number of aliphatic hydroxyl groups excluding tert-OH is 1. The monoisotopic (exact) mass is 489 g/mol. The predicted octanol–water partition coefficient (Wildman–Crippen LogP) is 1.78. The van der Waals surface area contributed by atoms with Crippen LogP contribution in [-0.4, -0.2) is 60.5 Å². The van der Waals surface area contributed by atoms with E-state index in [9.17, 15) is 23.5 Å². The van der Waals surface area contributed by atoms with Crippen LogP contribution in [0.2, 0.25) is 0 Å². The van der Waals surface area contributed by atoms with Gasteiger partial charge in [-0.15, -0.1) is 0 Å². The van der Waals surface area contributed by atoms with Crippen LogP contribution in [0.15, 0.2) is 42.6 Å². The zero-order chi connectivity index (χ0) is 25.5. The van der Waals surface area contributed by atoms with E-state index in [0.29, 0.717) is 13.1 Å². The molecule has 11 heteroatoms. The first-order chi connectivity index (χ1) is 16.7. The summed E-state index contributed by atoms with van der Waals surface area (Å²) < 4.78 is 40.4. The fraction of sp³-hybridized carbons (Fsp3) is 0.292. The lowest BCUT2D eigenvalue weighted by atomic mass is 10.1. The molecular weight excluding hydrogens is 462 g/mol. The average molecular weight is 489 g/mol. The van der Waals surface area contributed by atoms with Crippen molar-refractivity contribution in [3.63, 3.8) is 0 Å². The van der Waals surface area contributed by atoms with E-state index >= 15 is 0 Å². The van der Waals surface area contributed by atoms with E-state index in [4.69, 9.17) is 14.9 Å². The first-order valence-corrected chi connectivity index (χ1v) is 11.0. The molecule has 0 spiro atoms. The predicted molar refractivity (Wildman–Crippen MR) is 123 cm³/mol. The molecule has 1 aliphatic rings. The number of amides is 2. The van der Waals surface area contributed by atoms with Crippen LogP contribution in [0, 0.1) is 17.0 Å². The Morgan fingerprint density at radius 1 is 1.20 bits per heavy atom. The first kappa shape index (κ1) is 25.8. The minimum atomic E-state index is -0.959. The number of ether oxygens (including phenoxy) is 2. The molecule has 0 aromatic heterocycles. The second kappa shape index (κ2) is 11.5. The zero-order valence-corrected chi connectivity index (χ0v) is 19.3. The second-order valence-electron chi connectivity index (χ2n) is 7.87. The maximum atomic E-state index is 14.7. The van der Waals surface area contributed by atoms with Gasteiger partial charge < -0.3 is 30.1 Å². The van der Waals surface area contributed by atoms with Crippen LogP contribution in [0.3, 0.4) is 0 Å². The van der Waals surface area contributed by atoms with E-state index < -0.39 is 35.3 Å². The minimum absolute atomic E-state index is 0.0201. The van der Waals surface area contributed by atoms with Crippen molar-refractivity contribution >= 4 is 17.6 Å². The number of amidine groups is 1. The lowest BCUT2D eigenvalue weighted by Gasteiger charge is -2.31. The molecule has 2 aromatic rings. The van der Waals surface area contributed by atoms with Crippen LogP contribution in [-0.2, 0) is 0 Å². The van der Waals surface area contributed by atoms with Crippen molar-refractivity contribution in [2.75, 3.05) is 26.7 Å². The number of carbonyl (C=O) groups excluding carboxylic acids is 2. The van der Waals surface area contributed by atoms with Gasteiger partial charge in [0.15, 0.2) is 11.6 Å². The van der Waals surface area contributed by atoms with Crippen LogP contribution in [0.1, 0.15) is 34.1 Å². The Bertz CT molecular complexity index is 1150. The molecule has 5 N–H and O–H groups in total. The summed E-state index contributed by atoms with van der Waals surface area (Å²) >= 11 is 0. The van der Waals surface area contributed by atoms with Gasteiger partial charge >= 0.3 is 0 Å². The summed E-state index contributed by atoms with van der Waals surface area (Å²) in [5.41, 5.74) is -0.369. The van der Waals surface area contributed by atoms with E-state index in [0.717, 1.165) is 18.6 Å². The Morgan fingerprint density at radius 3 is 2.54 bits per heavy atom. The van der Waals surface area contributed by atoms with Gasteiger partial charge in [-0.3, -0.25) is 15.0 Å². The van der Waals surface area contributed by atoms with E-state index in [1.165, 1.54) is 29.2 Å². The van der Waals surface area contributed by atoms with Gasteiger partial charge in [0.05, 0.1) is 25.4 Å². The van der Waals surface area contributed by atoms with Crippen LogP contribution < -0.4 is 20.1 Å². The zero-order valence-electron chi connectivity index (χ0n) is 19.3. The molecule has 1 saturated heterocycles. The first-order valence-electron chi connectivity index (χ1n) is 11.0. The van der Waals surface area contributed by atoms with Crippen LogP contribution in [0.25, 0.3) is 0 Å². The Kier molecular flexibility index (Phi) is 8.50. The van der Waals surface area contributed by atoms with Crippen molar-refractivity contribution in [2.45, 2.75) is 19.4 Å². The molecule has 0 saturated carbocycles. The fourth-order valence-electron chi connectivity index (χ4n) is 3.12. The molecule has 0 unspecified atom stereocenters. The van der Waals surface area contributed by atoms with Gasteiger partial charge in [-0.2, -0.15) is 0 Å². The topological polar surface area (TPSA) is 129 Å². The maximum absolute atomic E-state index is 14.7. The lowest BCUT2D eigenvalue weighted by Crippen LogP contribution is -2.72. The molecule has 3 rings (SSSR count). The highest BCUT2D eigenvalue weighted by molar-refractivity contribution is 6.09. The third-order valence-corrected chi connectivity index (χ3v) is 5.06. The standard InChI is InChI=1S/C24H26F2N4O5/c1-14(13-31)34-16-8-15(23(32)29-22(27)4-5-28-2)9-17(10-16)35-21-12-19(25)18(11-20(21)26)24(33)30-6-3-7-30/h4-5,8-12,14,28,31H,3,6-7,13H2,1-2H3,(H2,27,29,32)/p+1/b5-4-/t14-/m0/s1. The molecule has 0 radical (unpaired) electrons. The number of benzene rings is 2. The van der Waals surface area contributed by atoms with E-state index in [2.05, 4.69) is 5.32 Å². The van der Waals surface area contributed by atoms with Gasteiger partial charge in [0.1, 0.15) is 29.3 Å². The van der Waals surface area contributed by atoms with Crippen LogP contribution >= 0.6 is 0 Å². The molecule has 9 nitrogen and oxygen atoms in total. The Labute approximate surface area is 200 Å². The number of hydrogen-bond acceptors (Lipinski definition) is 6. The smallest absolute Gasteiger partial charge is 0.257 e. The molecule has 35 heavy (non-hydrogen) atoms. The van der Waals surface area contributed by atoms with Gasteiger partial charge in [-0.05, 0) is 31.5 Å². The van der Waals surface area contributed by atoms with Crippen molar-refractivity contribution in [1.29, 1.82) is 5.41 Å². The molecule has 1 heterocycles. The number of quaternary nitrogens is 1. The van der Waals surface area contributed by atoms with E-state index in [-0.39, 0.29) is 35.1 Å². The summed E-state index contributed by atoms with van der Waals surface area (Å²) in [6.07, 6.45) is 3.15. The number of nitrogens with two attached hydrogens (primary N) is 1. The van der Waals surface area contributed by atoms with E-state index in [1.54, 1.807) is 25.5 Å². The molecule has 0 aliphatic carbocycles. The molecular formula is C24H27F2N4O5+. The number of carbonyl (C=O) groups is 2. The highest BCUT2D eigenvalue weighted by Crippen LogP contribution is 2.31. The number of halogens is 2. The highest BCUT2D eigenvalue weighted by Gasteiger charge is 2.26. The number of likely N-dealkylation sites (tertiary alicyclic amines) is 1. The molecule has 2 amide bonds. The quantitative estimate of drug-likeness (QED) is 0.315. The molecule has 2 aromatic carbocycles. The van der Waals surface area contributed by atoms with Crippen molar-refractivity contribution in [3.05, 3.63) is 65.4 Å². The van der Waals surface area contributed by atoms with Gasteiger partial charge in [0.25, 0.3) is 11.8 Å². The van der Waals surface area contributed by atoms with Crippen molar-refractivity contribution in [3.8, 4) is 17.2 Å². The van der Waals surface area contributed by atoms with Crippen LogP contribution in [0.4, 0.5) is 8.78 Å². The lowest BCUT2D eigenvalue weighted by molar-refractivity contribution is -0.556. The Hall–Kier alpha value is -3.83. The van der Waals surface area contributed by atoms with Crippen molar-refractivity contribution < 1.29 is 38.3 Å². The summed E-state index contributed by atoms with van der Waals surface area (Å²) in [5.74, 6) is -3.74. The average Bonchev–Trinajstić information content (AvgIpc) is 2.78. The summed E-state index contributed by atoms with van der Waals surface area (Å²) in [4.78, 5) is 26.3. The van der Waals surface area contributed by atoms with Gasteiger partial charge in [0, 0.05) is 36.9 Å². The second-order valence-corrected chi connectivity index (χ2v) is 7.87. The Morgan fingerprint density at radius 2 is 1.91 bits per heavy atom. The molecule has 1 aliphatic heterocycles. The van der Waals surface area contributed by atoms with Crippen LogP contribution in [0.5, 0.6) is 17.2 Å². The Balaban J connectivity index is 1.89. The minimum Gasteiger partial charge on any atom is -0.488 e. The summed E-state index contributed by atoms with van der Waals surface area (Å²) in [5, 5.41) is 21.1. The normalized spacial score (nSPS) is 13.8.